The first-order chi connectivity index (χ1) is 10.2. The van der Waals surface area contributed by atoms with Gasteiger partial charge in [0.2, 0.25) is 0 Å². The maximum absolute atomic E-state index is 10.7. The molecular weight excluding hydrogens is 288 g/mol. The summed E-state index contributed by atoms with van der Waals surface area (Å²) in [5.74, 6) is 0. The van der Waals surface area contributed by atoms with Gasteiger partial charge in [-0.2, -0.15) is 0 Å². The monoisotopic (exact) mass is 302 g/mol. The van der Waals surface area contributed by atoms with Crippen molar-refractivity contribution in [1.82, 2.24) is 5.06 Å². The first-order valence-corrected chi connectivity index (χ1v) is 6.77. The molecule has 5 heteroatoms. The molecule has 0 amide bonds. The van der Waals surface area contributed by atoms with Crippen LogP contribution in [0, 0.1) is 0 Å². The maximum atomic E-state index is 10.7. The van der Waals surface area contributed by atoms with Gasteiger partial charge in [0.15, 0.2) is 0 Å². The van der Waals surface area contributed by atoms with Crippen LogP contribution in [0.5, 0.6) is 0 Å². The lowest BCUT2D eigenvalue weighted by atomic mass is 9.98. The first-order valence-electron chi connectivity index (χ1n) is 6.39. The van der Waals surface area contributed by atoms with Gasteiger partial charge in [0.05, 0.1) is 11.4 Å². The number of hydrogen-bond donors (Lipinski definition) is 1. The summed E-state index contributed by atoms with van der Waals surface area (Å²) in [6, 6.07) is 9.30. The molecule has 1 aliphatic carbocycles. The van der Waals surface area contributed by atoms with Crippen molar-refractivity contribution >= 4 is 29.3 Å². The average Bonchev–Trinajstić information content (AvgIpc) is 2.49. The minimum absolute atomic E-state index is 0.139. The number of halogens is 1. The zero-order valence-electron chi connectivity index (χ0n) is 11.5. The number of carbonyl (C=O) groups excluding carboxylic acids is 1. The van der Waals surface area contributed by atoms with E-state index in [4.69, 9.17) is 11.6 Å². The van der Waals surface area contributed by atoms with Gasteiger partial charge in [-0.1, -0.05) is 41.9 Å². The molecule has 0 unspecified atom stereocenters. The van der Waals surface area contributed by atoms with Crippen molar-refractivity contribution in [1.29, 1.82) is 0 Å². The largest absolute Gasteiger partial charge is 0.301 e. The van der Waals surface area contributed by atoms with Crippen LogP contribution in [0.15, 0.2) is 64.2 Å². The highest BCUT2D eigenvalue weighted by Crippen LogP contribution is 2.28. The highest BCUT2D eigenvalue weighted by molar-refractivity contribution is 6.33. The van der Waals surface area contributed by atoms with E-state index in [1.165, 1.54) is 0 Å². The molecule has 0 fully saturated rings. The van der Waals surface area contributed by atoms with Crippen molar-refractivity contribution in [3.8, 4) is 0 Å². The Kier molecular flexibility index (Phi) is 5.09. The number of hydrogen-bond acceptors (Lipinski definition) is 4. The van der Waals surface area contributed by atoms with Crippen LogP contribution in [0.4, 0.5) is 0 Å². The molecule has 4 nitrogen and oxygen atoms in total. The van der Waals surface area contributed by atoms with Crippen molar-refractivity contribution < 1.29 is 10.0 Å². The van der Waals surface area contributed by atoms with Crippen LogP contribution in [-0.4, -0.2) is 35.9 Å². The van der Waals surface area contributed by atoms with Gasteiger partial charge in [-0.15, -0.1) is 0 Å². The van der Waals surface area contributed by atoms with Gasteiger partial charge in [0, 0.05) is 23.2 Å². The summed E-state index contributed by atoms with van der Waals surface area (Å²) in [4.78, 5) is 14.9. The summed E-state index contributed by atoms with van der Waals surface area (Å²) in [5.41, 5.74) is 2.61. The van der Waals surface area contributed by atoms with Gasteiger partial charge >= 0.3 is 0 Å². The number of hydroxylamine groups is 2. The Balaban J connectivity index is 2.65. The predicted octanol–water partition coefficient (Wildman–Crippen LogP) is 3.05. The third-order valence-corrected chi connectivity index (χ3v) is 3.24. The Morgan fingerprint density at radius 3 is 2.67 bits per heavy atom. The number of aldehydes is 1. The van der Waals surface area contributed by atoms with Crippen molar-refractivity contribution in [3.05, 3.63) is 64.7 Å². The normalized spacial score (nSPS) is 18.4. The molecule has 1 aromatic rings. The summed E-state index contributed by atoms with van der Waals surface area (Å²) in [6.45, 7) is -0.139. The van der Waals surface area contributed by atoms with Crippen LogP contribution >= 0.6 is 11.6 Å². The lowest BCUT2D eigenvalue weighted by Gasteiger charge is -2.23. The molecule has 21 heavy (non-hydrogen) atoms. The zero-order valence-corrected chi connectivity index (χ0v) is 12.3. The van der Waals surface area contributed by atoms with E-state index in [9.17, 15) is 10.0 Å². The van der Waals surface area contributed by atoms with Gasteiger partial charge in [0.1, 0.15) is 12.8 Å². The number of rotatable bonds is 4. The Bertz CT molecular complexity index is 646. The number of nitrogens with zero attached hydrogens (tertiary/aromatic N) is 2. The second-order valence-corrected chi connectivity index (χ2v) is 4.78. The second kappa shape index (κ2) is 7.02. The van der Waals surface area contributed by atoms with Crippen LogP contribution in [0.2, 0.25) is 0 Å². The van der Waals surface area contributed by atoms with Gasteiger partial charge in [0.25, 0.3) is 0 Å². The third kappa shape index (κ3) is 3.48. The Hall–Kier alpha value is -2.17. The Labute approximate surface area is 128 Å². The maximum Gasteiger partial charge on any atom is 0.141 e. The van der Waals surface area contributed by atoms with E-state index in [-0.39, 0.29) is 6.54 Å². The smallest absolute Gasteiger partial charge is 0.141 e. The molecule has 108 valence electrons. The molecule has 0 aromatic heterocycles. The van der Waals surface area contributed by atoms with Crippen LogP contribution in [0.3, 0.4) is 0 Å². The number of allylic oxidation sites excluding steroid dienone is 5. The van der Waals surface area contributed by atoms with Crippen LogP contribution < -0.4 is 0 Å². The molecule has 0 saturated carbocycles. The molecule has 2 rings (SSSR count). The van der Waals surface area contributed by atoms with E-state index in [2.05, 4.69) is 4.99 Å². The van der Waals surface area contributed by atoms with E-state index >= 15 is 0 Å². The fourth-order valence-corrected chi connectivity index (χ4v) is 2.27. The fourth-order valence-electron chi connectivity index (χ4n) is 2.09. The molecule has 1 N–H and O–H groups in total. The molecule has 1 aliphatic rings. The molecule has 0 saturated heterocycles. The summed E-state index contributed by atoms with van der Waals surface area (Å²) in [6.07, 6.45) is 5.86. The van der Waals surface area contributed by atoms with E-state index < -0.39 is 0 Å². The average molecular weight is 303 g/mol. The second-order valence-electron chi connectivity index (χ2n) is 4.35. The van der Waals surface area contributed by atoms with Gasteiger partial charge < -0.3 is 4.79 Å². The first kappa shape index (κ1) is 15.2. The number of carbonyl (C=O) groups is 1. The highest BCUT2D eigenvalue weighted by atomic mass is 35.5. The highest BCUT2D eigenvalue weighted by Gasteiger charge is 2.19. The van der Waals surface area contributed by atoms with Gasteiger partial charge in [-0.3, -0.25) is 10.2 Å². The van der Waals surface area contributed by atoms with Crippen molar-refractivity contribution in [2.45, 2.75) is 0 Å². The van der Waals surface area contributed by atoms with E-state index in [1.54, 1.807) is 25.3 Å². The Morgan fingerprint density at radius 2 is 2.05 bits per heavy atom. The van der Waals surface area contributed by atoms with E-state index in [0.29, 0.717) is 28.3 Å². The molecular formula is C16H15ClN2O2. The van der Waals surface area contributed by atoms with E-state index in [0.717, 1.165) is 10.6 Å². The minimum atomic E-state index is -0.139. The van der Waals surface area contributed by atoms with Gasteiger partial charge in [-0.05, 0) is 18.2 Å². The van der Waals surface area contributed by atoms with E-state index in [1.807, 2.05) is 30.3 Å². The molecule has 0 atom stereocenters. The van der Waals surface area contributed by atoms with Crippen LogP contribution in [-0.2, 0) is 4.79 Å². The standard InChI is InChI=1S/C16H15ClN2O2/c1-18-15-8-7-13(17)11-14(15)16(19(21)9-10-20)12-5-3-2-4-6-12/h2-8,10-11,21H,9H2,1H3. The summed E-state index contributed by atoms with van der Waals surface area (Å²) >= 11 is 6.06. The molecule has 0 heterocycles. The van der Waals surface area contributed by atoms with Crippen LogP contribution in [0.1, 0.15) is 5.56 Å². The third-order valence-electron chi connectivity index (χ3n) is 3.01. The molecule has 0 aliphatic heterocycles. The predicted molar refractivity (Wildman–Crippen MR) is 84.4 cm³/mol. The van der Waals surface area contributed by atoms with Crippen LogP contribution in [0.25, 0.3) is 5.70 Å². The molecule has 1 aromatic carbocycles. The van der Waals surface area contributed by atoms with Gasteiger partial charge in [-0.25, -0.2) is 5.06 Å². The van der Waals surface area contributed by atoms with Crippen molar-refractivity contribution in [2.75, 3.05) is 13.6 Å². The quantitative estimate of drug-likeness (QED) is 0.687. The SMILES string of the molecule is CN=C1C=CC(Cl)=CC1=C(c1ccccc1)N(O)CC=O. The summed E-state index contributed by atoms with van der Waals surface area (Å²) in [5, 5.41) is 11.6. The number of benzene rings is 1. The summed E-state index contributed by atoms with van der Waals surface area (Å²) < 4.78 is 0. The molecule has 0 bridgehead atoms. The topological polar surface area (TPSA) is 52.9 Å². The zero-order chi connectivity index (χ0) is 15.2. The molecule has 0 spiro atoms. The Morgan fingerprint density at radius 1 is 1.33 bits per heavy atom. The number of aliphatic imine (C=N–C) groups is 1. The molecule has 0 radical (unpaired) electrons. The lowest BCUT2D eigenvalue weighted by Crippen LogP contribution is -2.23. The van der Waals surface area contributed by atoms with Crippen molar-refractivity contribution in [3.63, 3.8) is 0 Å². The fraction of sp³-hybridized carbons (Fsp3) is 0.125. The van der Waals surface area contributed by atoms with Crippen molar-refractivity contribution in [2.24, 2.45) is 4.99 Å². The summed E-state index contributed by atoms with van der Waals surface area (Å²) in [7, 11) is 1.66. The minimum Gasteiger partial charge on any atom is -0.301 e. The lowest BCUT2D eigenvalue weighted by molar-refractivity contribution is -0.115.